The molecule has 0 radical (unpaired) electrons. The van der Waals surface area contributed by atoms with Gasteiger partial charge < -0.3 is 14.4 Å². The second-order valence-electron chi connectivity index (χ2n) is 7.17. The van der Waals surface area contributed by atoms with Gasteiger partial charge in [0, 0.05) is 13.1 Å². The third kappa shape index (κ3) is 5.86. The number of methoxy groups -OCH3 is 1. The lowest BCUT2D eigenvalue weighted by molar-refractivity contribution is 0.136. The topological polar surface area (TPSA) is 21.7 Å². The van der Waals surface area contributed by atoms with Gasteiger partial charge in [0.05, 0.1) is 13.7 Å². The van der Waals surface area contributed by atoms with Crippen LogP contribution in [0.15, 0.2) is 24.3 Å². The molecule has 3 heteroatoms. The van der Waals surface area contributed by atoms with E-state index in [1.807, 2.05) is 25.1 Å². The standard InChI is InChI=1S/C21H33NO2/c1-5-8-19-9-10-20(21(14-19)23-4)24-12-7-6-11-22-15-17(2)13-18(3)16-22/h5,8-10,14,17-18H,6-7,11-13,15-16H2,1-4H3. The molecule has 0 amide bonds. The Balaban J connectivity index is 1.72. The zero-order valence-corrected chi connectivity index (χ0v) is 15.8. The molecule has 2 unspecified atom stereocenters. The molecule has 1 fully saturated rings. The second-order valence-corrected chi connectivity index (χ2v) is 7.17. The summed E-state index contributed by atoms with van der Waals surface area (Å²) in [6, 6.07) is 6.09. The smallest absolute Gasteiger partial charge is 0.161 e. The minimum absolute atomic E-state index is 0.748. The van der Waals surface area contributed by atoms with Gasteiger partial charge in [0.25, 0.3) is 0 Å². The van der Waals surface area contributed by atoms with Gasteiger partial charge in [-0.25, -0.2) is 0 Å². The first-order valence-corrected chi connectivity index (χ1v) is 9.28. The van der Waals surface area contributed by atoms with E-state index in [0.717, 1.165) is 41.9 Å². The minimum atomic E-state index is 0.748. The number of nitrogens with zero attached hydrogens (tertiary/aromatic N) is 1. The Bertz CT molecular complexity index is 517. The maximum Gasteiger partial charge on any atom is 0.161 e. The number of rotatable bonds is 8. The first kappa shape index (κ1) is 18.9. The van der Waals surface area contributed by atoms with Crippen LogP contribution in [0.1, 0.15) is 45.6 Å². The highest BCUT2D eigenvalue weighted by molar-refractivity contribution is 5.55. The van der Waals surface area contributed by atoms with Crippen LogP contribution in [0.4, 0.5) is 0 Å². The number of ether oxygens (including phenoxy) is 2. The van der Waals surface area contributed by atoms with Gasteiger partial charge in [-0.1, -0.05) is 32.1 Å². The van der Waals surface area contributed by atoms with Crippen LogP contribution >= 0.6 is 0 Å². The molecule has 1 aliphatic heterocycles. The van der Waals surface area contributed by atoms with E-state index < -0.39 is 0 Å². The van der Waals surface area contributed by atoms with E-state index in [9.17, 15) is 0 Å². The van der Waals surface area contributed by atoms with Crippen molar-refractivity contribution in [2.45, 2.75) is 40.0 Å². The van der Waals surface area contributed by atoms with Gasteiger partial charge in [0.2, 0.25) is 0 Å². The first-order valence-electron chi connectivity index (χ1n) is 9.28. The first-order chi connectivity index (χ1) is 11.6. The predicted octanol–water partition coefficient (Wildman–Crippen LogP) is 4.87. The predicted molar refractivity (Wildman–Crippen MR) is 102 cm³/mol. The third-order valence-electron chi connectivity index (χ3n) is 4.62. The zero-order valence-electron chi connectivity index (χ0n) is 15.8. The van der Waals surface area contributed by atoms with Crippen molar-refractivity contribution < 1.29 is 9.47 Å². The van der Waals surface area contributed by atoms with Gasteiger partial charge in [0.15, 0.2) is 11.5 Å². The second kappa shape index (κ2) is 9.73. The van der Waals surface area contributed by atoms with Crippen LogP contribution in [0, 0.1) is 11.8 Å². The van der Waals surface area contributed by atoms with Crippen LogP contribution in [0.2, 0.25) is 0 Å². The number of piperidine rings is 1. The minimum Gasteiger partial charge on any atom is -0.493 e. The molecular formula is C21H33NO2. The summed E-state index contributed by atoms with van der Waals surface area (Å²) in [5.41, 5.74) is 1.13. The normalized spacial score (nSPS) is 22.0. The average Bonchev–Trinajstić information content (AvgIpc) is 2.55. The summed E-state index contributed by atoms with van der Waals surface area (Å²) < 4.78 is 11.4. The van der Waals surface area contributed by atoms with Crippen LogP contribution in [-0.2, 0) is 0 Å². The van der Waals surface area contributed by atoms with Gasteiger partial charge in [-0.15, -0.1) is 0 Å². The lowest BCUT2D eigenvalue weighted by atomic mass is 9.92. The molecule has 24 heavy (non-hydrogen) atoms. The van der Waals surface area contributed by atoms with E-state index in [-0.39, 0.29) is 0 Å². The molecular weight excluding hydrogens is 298 g/mol. The molecule has 0 spiro atoms. The van der Waals surface area contributed by atoms with E-state index in [2.05, 4.69) is 30.9 Å². The number of benzene rings is 1. The number of hydrogen-bond acceptors (Lipinski definition) is 3. The lowest BCUT2D eigenvalue weighted by Crippen LogP contribution is -2.39. The van der Waals surface area contributed by atoms with Gasteiger partial charge in [-0.3, -0.25) is 0 Å². The monoisotopic (exact) mass is 331 g/mol. The molecule has 1 saturated heterocycles. The molecule has 0 N–H and O–H groups in total. The number of likely N-dealkylation sites (tertiary alicyclic amines) is 1. The molecule has 1 aromatic carbocycles. The largest absolute Gasteiger partial charge is 0.493 e. The fraction of sp³-hybridized carbons (Fsp3) is 0.619. The summed E-state index contributed by atoms with van der Waals surface area (Å²) in [7, 11) is 1.69. The number of allylic oxidation sites excluding steroid dienone is 1. The zero-order chi connectivity index (χ0) is 17.4. The fourth-order valence-electron chi connectivity index (χ4n) is 3.69. The van der Waals surface area contributed by atoms with E-state index in [1.165, 1.54) is 32.5 Å². The molecule has 1 aromatic rings. The Morgan fingerprint density at radius 3 is 2.54 bits per heavy atom. The van der Waals surface area contributed by atoms with Crippen molar-refractivity contribution >= 4 is 6.08 Å². The van der Waals surface area contributed by atoms with Crippen LogP contribution < -0.4 is 9.47 Å². The molecule has 2 atom stereocenters. The quantitative estimate of drug-likeness (QED) is 0.635. The Morgan fingerprint density at radius 2 is 1.88 bits per heavy atom. The van der Waals surface area contributed by atoms with Gasteiger partial charge >= 0.3 is 0 Å². The third-order valence-corrected chi connectivity index (χ3v) is 4.62. The Hall–Kier alpha value is -1.48. The van der Waals surface area contributed by atoms with Gasteiger partial charge in [-0.05, 0) is 62.3 Å². The van der Waals surface area contributed by atoms with Crippen LogP contribution in [0.5, 0.6) is 11.5 Å². The molecule has 1 aliphatic rings. The summed E-state index contributed by atoms with van der Waals surface area (Å²) in [6.45, 7) is 11.2. The summed E-state index contributed by atoms with van der Waals surface area (Å²) in [6.07, 6.45) is 7.74. The van der Waals surface area contributed by atoms with Crippen molar-refractivity contribution in [3.63, 3.8) is 0 Å². The fourth-order valence-corrected chi connectivity index (χ4v) is 3.69. The highest BCUT2D eigenvalue weighted by Crippen LogP contribution is 2.28. The van der Waals surface area contributed by atoms with Crippen LogP contribution in [0.3, 0.4) is 0 Å². The van der Waals surface area contributed by atoms with Gasteiger partial charge in [-0.2, -0.15) is 0 Å². The van der Waals surface area contributed by atoms with E-state index in [1.54, 1.807) is 7.11 Å². The highest BCUT2D eigenvalue weighted by atomic mass is 16.5. The maximum absolute atomic E-state index is 5.93. The molecule has 0 saturated carbocycles. The van der Waals surface area contributed by atoms with Crippen LogP contribution in [0.25, 0.3) is 6.08 Å². The van der Waals surface area contributed by atoms with Gasteiger partial charge in [0.1, 0.15) is 0 Å². The molecule has 1 heterocycles. The highest BCUT2D eigenvalue weighted by Gasteiger charge is 2.20. The van der Waals surface area contributed by atoms with Crippen molar-refractivity contribution in [1.29, 1.82) is 0 Å². The number of hydrogen-bond donors (Lipinski definition) is 0. The van der Waals surface area contributed by atoms with Crippen LogP contribution in [-0.4, -0.2) is 38.3 Å². The van der Waals surface area contributed by atoms with E-state index in [0.29, 0.717) is 0 Å². The summed E-state index contributed by atoms with van der Waals surface area (Å²) in [4.78, 5) is 2.62. The summed E-state index contributed by atoms with van der Waals surface area (Å²) >= 11 is 0. The molecule has 134 valence electrons. The number of unbranched alkanes of at least 4 members (excludes halogenated alkanes) is 1. The average molecular weight is 332 g/mol. The Labute approximate surface area is 147 Å². The molecule has 2 rings (SSSR count). The van der Waals surface area contributed by atoms with E-state index >= 15 is 0 Å². The van der Waals surface area contributed by atoms with Crippen molar-refractivity contribution in [3.05, 3.63) is 29.8 Å². The molecule has 0 aromatic heterocycles. The molecule has 3 nitrogen and oxygen atoms in total. The maximum atomic E-state index is 5.93. The lowest BCUT2D eigenvalue weighted by Gasteiger charge is -2.34. The summed E-state index contributed by atoms with van der Waals surface area (Å²) in [5.74, 6) is 3.32. The Kier molecular flexibility index (Phi) is 7.64. The SMILES string of the molecule is CC=Cc1ccc(OCCCCN2CC(C)CC(C)C2)c(OC)c1. The molecule has 0 aliphatic carbocycles. The molecule has 0 bridgehead atoms. The summed E-state index contributed by atoms with van der Waals surface area (Å²) in [5, 5.41) is 0. The Morgan fingerprint density at radius 1 is 1.12 bits per heavy atom. The van der Waals surface area contributed by atoms with E-state index in [4.69, 9.17) is 9.47 Å². The van der Waals surface area contributed by atoms with Crippen molar-refractivity contribution in [2.24, 2.45) is 11.8 Å². The van der Waals surface area contributed by atoms with Crippen molar-refractivity contribution in [1.82, 2.24) is 4.90 Å². The van der Waals surface area contributed by atoms with Crippen molar-refractivity contribution in [2.75, 3.05) is 33.4 Å². The van der Waals surface area contributed by atoms with Crippen molar-refractivity contribution in [3.8, 4) is 11.5 Å².